The van der Waals surface area contributed by atoms with Crippen LogP contribution in [0.5, 0.6) is 0 Å². The summed E-state index contributed by atoms with van der Waals surface area (Å²) in [5.74, 6) is -1.45. The molecule has 9 heteroatoms. The topological polar surface area (TPSA) is 86.8 Å². The molecule has 0 bridgehead atoms. The van der Waals surface area contributed by atoms with Crippen LogP contribution in [0, 0.1) is 12.7 Å². The molecule has 30 heavy (non-hydrogen) atoms. The molecule has 0 aliphatic carbocycles. The first-order chi connectivity index (χ1) is 14.0. The number of aryl methyl sites for hydroxylation is 1. The van der Waals surface area contributed by atoms with Gasteiger partial charge < -0.3 is 10.2 Å². The molecule has 2 rings (SSSR count). The zero-order valence-corrected chi connectivity index (χ0v) is 18.2. The third-order valence-electron chi connectivity index (χ3n) is 4.64. The van der Waals surface area contributed by atoms with E-state index >= 15 is 0 Å². The summed E-state index contributed by atoms with van der Waals surface area (Å²) in [4.78, 5) is 26.7. The number of benzene rings is 2. The highest BCUT2D eigenvalue weighted by molar-refractivity contribution is 7.92. The van der Waals surface area contributed by atoms with Crippen LogP contribution in [0.2, 0.25) is 0 Å². The van der Waals surface area contributed by atoms with Crippen LogP contribution in [0.3, 0.4) is 0 Å². The maximum atomic E-state index is 13.3. The minimum atomic E-state index is -3.83. The molecule has 0 unspecified atom stereocenters. The lowest BCUT2D eigenvalue weighted by Gasteiger charge is -2.31. The molecular weight excluding hydrogens is 409 g/mol. The molecule has 7 nitrogen and oxygen atoms in total. The van der Waals surface area contributed by atoms with E-state index in [9.17, 15) is 22.4 Å². The number of carbonyl (C=O) groups is 2. The van der Waals surface area contributed by atoms with Gasteiger partial charge in [0.1, 0.15) is 18.4 Å². The highest BCUT2D eigenvalue weighted by Gasteiger charge is 2.29. The molecule has 162 valence electrons. The Kier molecular flexibility index (Phi) is 7.55. The Balaban J connectivity index is 2.36. The highest BCUT2D eigenvalue weighted by atomic mass is 32.2. The van der Waals surface area contributed by atoms with Crippen LogP contribution in [0.1, 0.15) is 18.1 Å². The second-order valence-corrected chi connectivity index (χ2v) is 8.95. The number of amides is 2. The largest absolute Gasteiger partial charge is 0.357 e. The van der Waals surface area contributed by atoms with E-state index in [4.69, 9.17) is 0 Å². The number of likely N-dealkylation sites (N-methyl/N-ethyl adjacent to an activating group) is 1. The van der Waals surface area contributed by atoms with Crippen LogP contribution in [0.15, 0.2) is 48.5 Å². The van der Waals surface area contributed by atoms with Crippen molar-refractivity contribution in [1.82, 2.24) is 10.2 Å². The van der Waals surface area contributed by atoms with Crippen LogP contribution in [0.25, 0.3) is 0 Å². The van der Waals surface area contributed by atoms with Crippen LogP contribution in [-0.4, -0.2) is 51.0 Å². The molecule has 0 fully saturated rings. The molecule has 2 aromatic carbocycles. The van der Waals surface area contributed by atoms with Gasteiger partial charge in [0.25, 0.3) is 0 Å². The van der Waals surface area contributed by atoms with Crippen molar-refractivity contribution in [1.29, 1.82) is 0 Å². The van der Waals surface area contributed by atoms with Crippen molar-refractivity contribution in [3.05, 3.63) is 65.5 Å². The number of nitrogens with zero attached hydrogens (tertiary/aromatic N) is 2. The standard InChI is InChI=1S/C21H26FN3O4S/c1-15-6-5-7-17(12-15)13-24(16(2)21(27)23-3)20(26)14-25(30(4,28)29)19-10-8-18(22)9-11-19/h5-12,16H,13-14H2,1-4H3,(H,23,27)/t16-/m1/s1. The van der Waals surface area contributed by atoms with E-state index < -0.39 is 34.3 Å². The fourth-order valence-electron chi connectivity index (χ4n) is 3.02. The van der Waals surface area contributed by atoms with Gasteiger partial charge in [-0.2, -0.15) is 0 Å². The maximum absolute atomic E-state index is 13.3. The third kappa shape index (κ3) is 6.03. The lowest BCUT2D eigenvalue weighted by molar-refractivity contribution is -0.139. The van der Waals surface area contributed by atoms with E-state index in [1.807, 2.05) is 31.2 Å². The van der Waals surface area contributed by atoms with Gasteiger partial charge in [-0.25, -0.2) is 12.8 Å². The Morgan fingerprint density at radius 3 is 2.30 bits per heavy atom. The molecule has 0 aromatic heterocycles. The average molecular weight is 436 g/mol. The normalized spacial score (nSPS) is 12.2. The van der Waals surface area contributed by atoms with Gasteiger partial charge >= 0.3 is 0 Å². The van der Waals surface area contributed by atoms with Crippen molar-refractivity contribution in [2.24, 2.45) is 0 Å². The monoisotopic (exact) mass is 435 g/mol. The van der Waals surface area contributed by atoms with E-state index in [0.29, 0.717) is 0 Å². The number of halogens is 1. The van der Waals surface area contributed by atoms with E-state index in [1.165, 1.54) is 24.1 Å². The zero-order chi connectivity index (χ0) is 22.5. The van der Waals surface area contributed by atoms with Gasteiger partial charge in [-0.1, -0.05) is 29.8 Å². The van der Waals surface area contributed by atoms with Crippen molar-refractivity contribution in [3.8, 4) is 0 Å². The van der Waals surface area contributed by atoms with Crippen LogP contribution < -0.4 is 9.62 Å². The quantitative estimate of drug-likeness (QED) is 0.688. The van der Waals surface area contributed by atoms with Gasteiger partial charge in [0, 0.05) is 13.6 Å². The fraction of sp³-hybridized carbons (Fsp3) is 0.333. The van der Waals surface area contributed by atoms with Crippen molar-refractivity contribution < 1.29 is 22.4 Å². The SMILES string of the molecule is CNC(=O)[C@@H](C)N(Cc1cccc(C)c1)C(=O)CN(c1ccc(F)cc1)S(C)(=O)=O. The Hall–Kier alpha value is -2.94. The van der Waals surface area contributed by atoms with Gasteiger partial charge in [0.15, 0.2) is 0 Å². The molecule has 0 heterocycles. The summed E-state index contributed by atoms with van der Waals surface area (Å²) in [5.41, 5.74) is 1.97. The third-order valence-corrected chi connectivity index (χ3v) is 5.78. The van der Waals surface area contributed by atoms with Gasteiger partial charge in [-0.3, -0.25) is 13.9 Å². The molecule has 1 atom stereocenters. The molecule has 1 N–H and O–H groups in total. The summed E-state index contributed by atoms with van der Waals surface area (Å²) >= 11 is 0. The molecular formula is C21H26FN3O4S. The molecule has 0 spiro atoms. The van der Waals surface area contributed by atoms with Crippen molar-refractivity contribution in [3.63, 3.8) is 0 Å². The van der Waals surface area contributed by atoms with Crippen LogP contribution in [0.4, 0.5) is 10.1 Å². The lowest BCUT2D eigenvalue weighted by atomic mass is 10.1. The first kappa shape index (κ1) is 23.3. The molecule has 0 aliphatic heterocycles. The summed E-state index contributed by atoms with van der Waals surface area (Å²) in [6.45, 7) is 3.11. The number of anilines is 1. The molecule has 0 saturated carbocycles. The van der Waals surface area contributed by atoms with Crippen LogP contribution in [-0.2, 0) is 26.2 Å². The summed E-state index contributed by atoms with van der Waals surface area (Å²) in [7, 11) is -2.36. The van der Waals surface area contributed by atoms with Crippen molar-refractivity contribution >= 4 is 27.5 Å². The Morgan fingerprint density at radius 2 is 1.77 bits per heavy atom. The average Bonchev–Trinajstić information content (AvgIpc) is 2.69. The zero-order valence-electron chi connectivity index (χ0n) is 17.4. The van der Waals surface area contributed by atoms with Gasteiger partial charge in [0.2, 0.25) is 21.8 Å². The maximum Gasteiger partial charge on any atom is 0.244 e. The predicted molar refractivity (Wildman–Crippen MR) is 114 cm³/mol. The molecule has 2 aromatic rings. The molecule has 0 radical (unpaired) electrons. The smallest absolute Gasteiger partial charge is 0.244 e. The summed E-state index contributed by atoms with van der Waals surface area (Å²) < 4.78 is 38.8. The van der Waals surface area contributed by atoms with E-state index in [0.717, 1.165) is 33.8 Å². The van der Waals surface area contributed by atoms with Gasteiger partial charge in [0.05, 0.1) is 11.9 Å². The van der Waals surface area contributed by atoms with Gasteiger partial charge in [-0.05, 0) is 43.7 Å². The molecule has 0 saturated heterocycles. The minimum Gasteiger partial charge on any atom is -0.357 e. The Bertz CT molecular complexity index is 1010. The number of sulfonamides is 1. The number of hydrogen-bond donors (Lipinski definition) is 1. The lowest BCUT2D eigenvalue weighted by Crippen LogP contribution is -2.50. The number of nitrogens with one attached hydrogen (secondary N) is 1. The fourth-order valence-corrected chi connectivity index (χ4v) is 3.87. The molecule has 2 amide bonds. The Morgan fingerprint density at radius 1 is 1.13 bits per heavy atom. The molecule has 0 aliphatic rings. The second-order valence-electron chi connectivity index (χ2n) is 7.05. The summed E-state index contributed by atoms with van der Waals surface area (Å²) in [6.07, 6.45) is 0.969. The van der Waals surface area contributed by atoms with Crippen LogP contribution >= 0.6 is 0 Å². The van der Waals surface area contributed by atoms with Gasteiger partial charge in [-0.15, -0.1) is 0 Å². The minimum absolute atomic E-state index is 0.135. The van der Waals surface area contributed by atoms with E-state index in [1.54, 1.807) is 6.92 Å². The van der Waals surface area contributed by atoms with Crippen molar-refractivity contribution in [2.45, 2.75) is 26.4 Å². The second kappa shape index (κ2) is 9.71. The number of rotatable bonds is 8. The number of hydrogen-bond acceptors (Lipinski definition) is 4. The Labute approximate surface area is 176 Å². The first-order valence-corrected chi connectivity index (χ1v) is 11.2. The highest BCUT2D eigenvalue weighted by Crippen LogP contribution is 2.19. The summed E-state index contributed by atoms with van der Waals surface area (Å²) in [5, 5.41) is 2.51. The van der Waals surface area contributed by atoms with E-state index in [2.05, 4.69) is 5.32 Å². The summed E-state index contributed by atoms with van der Waals surface area (Å²) in [6, 6.07) is 11.5. The predicted octanol–water partition coefficient (Wildman–Crippen LogP) is 2.06. The first-order valence-electron chi connectivity index (χ1n) is 9.33. The van der Waals surface area contributed by atoms with E-state index in [-0.39, 0.29) is 18.1 Å². The van der Waals surface area contributed by atoms with Crippen molar-refractivity contribution in [2.75, 3.05) is 24.2 Å². The number of carbonyl (C=O) groups excluding carboxylic acids is 2.